The van der Waals surface area contributed by atoms with E-state index in [2.05, 4.69) is 58.3 Å². The van der Waals surface area contributed by atoms with Crippen LogP contribution in [0.25, 0.3) is 0 Å². The van der Waals surface area contributed by atoms with Gasteiger partial charge in [-0.3, -0.25) is 4.79 Å². The normalized spacial score (nSPS) is 37.2. The minimum atomic E-state index is -0.0794. The van der Waals surface area contributed by atoms with Gasteiger partial charge in [0, 0.05) is 6.42 Å². The summed E-state index contributed by atoms with van der Waals surface area (Å²) in [7, 11) is 0. The first-order valence-corrected chi connectivity index (χ1v) is 16.5. The van der Waals surface area contributed by atoms with Gasteiger partial charge in [-0.15, -0.1) is 0 Å². The van der Waals surface area contributed by atoms with Crippen LogP contribution in [-0.4, -0.2) is 38.3 Å². The summed E-state index contributed by atoms with van der Waals surface area (Å²) >= 11 is 0. The third-order valence-corrected chi connectivity index (χ3v) is 11.8. The Balaban J connectivity index is 1.31. The average molecular weight is 529 g/mol. The molecule has 0 heterocycles. The molecule has 4 aliphatic carbocycles. The van der Waals surface area contributed by atoms with Gasteiger partial charge in [-0.2, -0.15) is 0 Å². The highest BCUT2D eigenvalue weighted by molar-refractivity contribution is 5.71. The predicted octanol–water partition coefficient (Wildman–Crippen LogP) is 7.53. The van der Waals surface area contributed by atoms with E-state index in [9.17, 15) is 4.79 Å². The Morgan fingerprint density at radius 3 is 2.55 bits per heavy atom. The summed E-state index contributed by atoms with van der Waals surface area (Å²) < 4.78 is 5.96. The van der Waals surface area contributed by atoms with Crippen LogP contribution in [0.4, 0.5) is 0 Å². The van der Waals surface area contributed by atoms with Gasteiger partial charge in [0.25, 0.3) is 0 Å². The van der Waals surface area contributed by atoms with E-state index in [4.69, 9.17) is 4.74 Å². The van der Waals surface area contributed by atoms with Crippen LogP contribution in [0.1, 0.15) is 119 Å². The Labute approximate surface area is 234 Å². The molecule has 4 heteroatoms. The Morgan fingerprint density at radius 1 is 1.00 bits per heavy atom. The van der Waals surface area contributed by atoms with E-state index in [1.54, 1.807) is 5.57 Å². The number of esters is 1. The van der Waals surface area contributed by atoms with Crippen LogP contribution in [0.3, 0.4) is 0 Å². The molecule has 3 saturated carbocycles. The summed E-state index contributed by atoms with van der Waals surface area (Å²) in [6, 6.07) is 0. The fourth-order valence-electron chi connectivity index (χ4n) is 9.69. The number of hydrogen-bond donors (Lipinski definition) is 2. The number of carbonyl (C=O) groups excluding carboxylic acids is 1. The van der Waals surface area contributed by atoms with Gasteiger partial charge in [0.1, 0.15) is 6.10 Å². The van der Waals surface area contributed by atoms with Crippen molar-refractivity contribution in [3.05, 3.63) is 11.6 Å². The maximum Gasteiger partial charge on any atom is 0.320 e. The van der Waals surface area contributed by atoms with Crippen molar-refractivity contribution in [2.24, 2.45) is 46.3 Å². The molecule has 3 fully saturated rings. The minimum absolute atomic E-state index is 0.0679. The fraction of sp³-hybridized carbons (Fsp3) is 0.912. The molecule has 4 nitrogen and oxygen atoms in total. The predicted molar refractivity (Wildman–Crippen MR) is 159 cm³/mol. The lowest BCUT2D eigenvalue weighted by Gasteiger charge is -2.58. The molecule has 0 unspecified atom stereocenters. The molecule has 0 aliphatic heterocycles. The molecule has 0 bridgehead atoms. The third kappa shape index (κ3) is 6.54. The van der Waals surface area contributed by atoms with Gasteiger partial charge in [0.2, 0.25) is 0 Å². The van der Waals surface area contributed by atoms with Crippen molar-refractivity contribution in [2.45, 2.75) is 125 Å². The first-order chi connectivity index (χ1) is 18.2. The molecule has 218 valence electrons. The van der Waals surface area contributed by atoms with Crippen LogP contribution >= 0.6 is 0 Å². The van der Waals surface area contributed by atoms with Gasteiger partial charge in [0.15, 0.2) is 0 Å². The van der Waals surface area contributed by atoms with Crippen molar-refractivity contribution in [1.82, 2.24) is 10.6 Å². The highest BCUT2D eigenvalue weighted by Crippen LogP contribution is 2.67. The fourth-order valence-corrected chi connectivity index (χ4v) is 9.69. The number of allylic oxidation sites excluding steroid dienone is 1. The van der Waals surface area contributed by atoms with Crippen LogP contribution in [-0.2, 0) is 9.53 Å². The highest BCUT2D eigenvalue weighted by atomic mass is 16.5. The van der Waals surface area contributed by atoms with Gasteiger partial charge >= 0.3 is 5.97 Å². The van der Waals surface area contributed by atoms with Gasteiger partial charge < -0.3 is 15.4 Å². The van der Waals surface area contributed by atoms with E-state index in [0.717, 1.165) is 74.4 Å². The van der Waals surface area contributed by atoms with E-state index in [1.807, 2.05) is 0 Å². The number of hydrogen-bond acceptors (Lipinski definition) is 4. The Morgan fingerprint density at radius 2 is 1.79 bits per heavy atom. The van der Waals surface area contributed by atoms with E-state index in [0.29, 0.717) is 17.4 Å². The zero-order valence-electron chi connectivity index (χ0n) is 25.7. The van der Waals surface area contributed by atoms with Gasteiger partial charge in [-0.05, 0) is 117 Å². The summed E-state index contributed by atoms with van der Waals surface area (Å²) in [5.74, 6) is 5.14. The van der Waals surface area contributed by atoms with Gasteiger partial charge in [-0.25, -0.2) is 0 Å². The zero-order chi connectivity index (χ0) is 27.3. The molecule has 0 saturated heterocycles. The lowest BCUT2D eigenvalue weighted by molar-refractivity contribution is -0.150. The quantitative estimate of drug-likeness (QED) is 0.147. The Hall–Kier alpha value is -0.870. The lowest BCUT2D eigenvalue weighted by atomic mass is 9.47. The van der Waals surface area contributed by atoms with Crippen LogP contribution in [0.5, 0.6) is 0 Å². The average Bonchev–Trinajstić information content (AvgIpc) is 3.23. The van der Waals surface area contributed by atoms with E-state index >= 15 is 0 Å². The molecule has 4 rings (SSSR count). The molecule has 0 aromatic heterocycles. The molecule has 0 aromatic carbocycles. The SMILES string of the molecule is CCNCCCNCC(=O)O[C@H]1CC[C@@]2(C)C(=CC[C@H]3[C@@H]4CC[C@H]([C@H](C)CCCC(C)C)[C@@]4(C)CC[C@@H]32)C1. The standard InChI is InChI=1S/C34H60N2O2/c1-7-35-20-9-21-36-23-32(37)38-27-16-18-33(5)26(22-27)12-13-28-30-15-14-29(25(4)11-8-10-24(2)3)34(30,6)19-17-31(28)33/h12,24-25,27-31,35-36H,7-11,13-23H2,1-6H3/t25-,27+,28+,29-,30+,31+,33+,34-/m1/s1. The number of fused-ring (bicyclic) bond motifs is 5. The van der Waals surface area contributed by atoms with Crippen molar-refractivity contribution in [3.8, 4) is 0 Å². The monoisotopic (exact) mass is 528 g/mol. The van der Waals surface area contributed by atoms with Crippen molar-refractivity contribution < 1.29 is 9.53 Å². The molecular weight excluding hydrogens is 468 g/mol. The number of rotatable bonds is 13. The molecule has 0 radical (unpaired) electrons. The number of carbonyl (C=O) groups is 1. The highest BCUT2D eigenvalue weighted by Gasteiger charge is 2.59. The summed E-state index contributed by atoms with van der Waals surface area (Å²) in [6.07, 6.45) is 18.1. The first kappa shape index (κ1) is 30.1. The van der Waals surface area contributed by atoms with E-state index < -0.39 is 0 Å². The maximum absolute atomic E-state index is 12.5. The minimum Gasteiger partial charge on any atom is -0.461 e. The second-order valence-electron chi connectivity index (χ2n) is 14.5. The first-order valence-electron chi connectivity index (χ1n) is 16.5. The number of nitrogens with one attached hydrogen (secondary N) is 2. The maximum atomic E-state index is 12.5. The van der Waals surface area contributed by atoms with Crippen LogP contribution < -0.4 is 10.6 Å². The van der Waals surface area contributed by atoms with Gasteiger partial charge in [0.05, 0.1) is 6.54 Å². The summed E-state index contributed by atoms with van der Waals surface area (Å²) in [6.45, 7) is 17.9. The Bertz CT molecular complexity index is 808. The largest absolute Gasteiger partial charge is 0.461 e. The van der Waals surface area contributed by atoms with Crippen molar-refractivity contribution in [2.75, 3.05) is 26.2 Å². The topological polar surface area (TPSA) is 50.4 Å². The van der Waals surface area contributed by atoms with Gasteiger partial charge in [-0.1, -0.05) is 72.5 Å². The van der Waals surface area contributed by atoms with Crippen molar-refractivity contribution in [3.63, 3.8) is 0 Å². The van der Waals surface area contributed by atoms with Crippen molar-refractivity contribution in [1.29, 1.82) is 0 Å². The number of ether oxygens (including phenoxy) is 1. The van der Waals surface area contributed by atoms with Crippen LogP contribution in [0.15, 0.2) is 11.6 Å². The summed E-state index contributed by atoms with van der Waals surface area (Å²) in [5, 5.41) is 6.58. The van der Waals surface area contributed by atoms with Crippen LogP contribution in [0.2, 0.25) is 0 Å². The molecule has 38 heavy (non-hydrogen) atoms. The van der Waals surface area contributed by atoms with E-state index in [1.165, 1.54) is 57.8 Å². The molecule has 0 amide bonds. The molecule has 0 spiro atoms. The second kappa shape index (κ2) is 13.2. The molecular formula is C34H60N2O2. The summed E-state index contributed by atoms with van der Waals surface area (Å²) in [5.41, 5.74) is 2.48. The zero-order valence-corrected chi connectivity index (χ0v) is 25.7. The lowest BCUT2D eigenvalue weighted by Crippen LogP contribution is -2.51. The Kier molecular flexibility index (Phi) is 10.5. The molecule has 4 aliphatic rings. The van der Waals surface area contributed by atoms with E-state index in [-0.39, 0.29) is 12.1 Å². The summed E-state index contributed by atoms with van der Waals surface area (Å²) in [4.78, 5) is 12.5. The van der Waals surface area contributed by atoms with Crippen molar-refractivity contribution >= 4 is 5.97 Å². The molecule has 0 aromatic rings. The van der Waals surface area contributed by atoms with Crippen LogP contribution in [0, 0.1) is 46.3 Å². The molecule has 8 atom stereocenters. The second-order valence-corrected chi connectivity index (χ2v) is 14.5. The smallest absolute Gasteiger partial charge is 0.320 e. The third-order valence-electron chi connectivity index (χ3n) is 11.8. The molecule has 2 N–H and O–H groups in total.